The van der Waals surface area contributed by atoms with Crippen molar-refractivity contribution in [3.8, 4) is 0 Å². The number of carbonyl (C=O) groups is 1. The Bertz CT molecular complexity index is 315. The maximum atomic E-state index is 10.8. The molecule has 0 atom stereocenters. The Morgan fingerprint density at radius 3 is 2.80 bits per heavy atom. The zero-order valence-electron chi connectivity index (χ0n) is 8.73. The first-order valence-corrected chi connectivity index (χ1v) is 4.63. The summed E-state index contributed by atoms with van der Waals surface area (Å²) in [4.78, 5) is 10.8. The fourth-order valence-electron chi connectivity index (χ4n) is 1.29. The lowest BCUT2D eigenvalue weighted by Gasteiger charge is -2.01. The first-order valence-electron chi connectivity index (χ1n) is 4.63. The molecule has 0 bridgehead atoms. The van der Waals surface area contributed by atoms with Crippen LogP contribution in [0, 0.1) is 0 Å². The van der Waals surface area contributed by atoms with E-state index in [-0.39, 0.29) is 18.4 Å². The van der Waals surface area contributed by atoms with E-state index in [9.17, 15) is 4.79 Å². The number of nitrogens with two attached hydrogens (primary N) is 1. The quantitative estimate of drug-likeness (QED) is 0.636. The summed E-state index contributed by atoms with van der Waals surface area (Å²) in [6.45, 7) is 0. The number of hydrogen-bond acceptors (Lipinski definition) is 3. The molecule has 0 aliphatic rings. The van der Waals surface area contributed by atoms with Gasteiger partial charge < -0.3 is 10.5 Å². The van der Waals surface area contributed by atoms with Crippen LogP contribution in [-0.4, -0.2) is 13.1 Å². The van der Waals surface area contributed by atoms with Crippen LogP contribution in [0.3, 0.4) is 0 Å². The molecule has 0 amide bonds. The molecule has 0 saturated heterocycles. The van der Waals surface area contributed by atoms with Gasteiger partial charge in [-0.3, -0.25) is 4.79 Å². The number of esters is 1. The minimum atomic E-state index is -0.158. The number of carbonyl (C=O) groups excluding carboxylic acids is 1. The Morgan fingerprint density at radius 1 is 1.47 bits per heavy atom. The standard InChI is InChI=1S/C11H15NO2.ClH/c1-14-11(13)7-3-5-9-4-2-6-10(12)8-9;/h2,4,6,8H,3,5,7,12H2,1H3;1H. The number of anilines is 1. The lowest BCUT2D eigenvalue weighted by atomic mass is 10.1. The number of methoxy groups -OCH3 is 1. The maximum Gasteiger partial charge on any atom is 0.305 e. The summed E-state index contributed by atoms with van der Waals surface area (Å²) >= 11 is 0. The highest BCUT2D eigenvalue weighted by Gasteiger charge is 2.00. The van der Waals surface area contributed by atoms with Gasteiger partial charge in [-0.05, 0) is 30.5 Å². The van der Waals surface area contributed by atoms with Crippen LogP contribution < -0.4 is 5.73 Å². The second-order valence-electron chi connectivity index (χ2n) is 3.17. The van der Waals surface area contributed by atoms with Gasteiger partial charge >= 0.3 is 5.97 Å². The largest absolute Gasteiger partial charge is 0.469 e. The highest BCUT2D eigenvalue weighted by Crippen LogP contribution is 2.09. The molecule has 84 valence electrons. The lowest BCUT2D eigenvalue weighted by molar-refractivity contribution is -0.140. The Hall–Kier alpha value is -1.22. The van der Waals surface area contributed by atoms with Gasteiger partial charge in [-0.25, -0.2) is 0 Å². The number of hydrogen-bond donors (Lipinski definition) is 1. The van der Waals surface area contributed by atoms with Gasteiger partial charge in [0.25, 0.3) is 0 Å². The summed E-state index contributed by atoms with van der Waals surface area (Å²) in [5.74, 6) is -0.158. The van der Waals surface area contributed by atoms with Gasteiger partial charge in [0.05, 0.1) is 7.11 Å². The van der Waals surface area contributed by atoms with Crippen molar-refractivity contribution in [1.82, 2.24) is 0 Å². The molecule has 15 heavy (non-hydrogen) atoms. The Labute approximate surface area is 96.0 Å². The average Bonchev–Trinajstić information content (AvgIpc) is 2.17. The van der Waals surface area contributed by atoms with Crippen LogP contribution >= 0.6 is 12.4 Å². The lowest BCUT2D eigenvalue weighted by Crippen LogP contribution is -2.00. The molecule has 0 saturated carbocycles. The molecule has 0 spiro atoms. The number of halogens is 1. The highest BCUT2D eigenvalue weighted by atomic mass is 35.5. The molecule has 2 N–H and O–H groups in total. The summed E-state index contributed by atoms with van der Waals surface area (Å²) in [5.41, 5.74) is 7.55. The van der Waals surface area contributed by atoms with Crippen LogP contribution in [0.2, 0.25) is 0 Å². The molecule has 0 aliphatic carbocycles. The number of ether oxygens (including phenoxy) is 1. The van der Waals surface area contributed by atoms with Crippen LogP contribution in [-0.2, 0) is 16.0 Å². The molecule has 0 aromatic heterocycles. The molecule has 0 unspecified atom stereocenters. The minimum absolute atomic E-state index is 0. The molecule has 0 aliphatic heterocycles. The van der Waals surface area contributed by atoms with Gasteiger partial charge in [-0.15, -0.1) is 12.4 Å². The van der Waals surface area contributed by atoms with Crippen molar-refractivity contribution in [2.75, 3.05) is 12.8 Å². The SMILES string of the molecule is COC(=O)CCCc1cccc(N)c1.Cl. The van der Waals surface area contributed by atoms with Crippen LogP contribution in [0.15, 0.2) is 24.3 Å². The molecule has 0 fully saturated rings. The maximum absolute atomic E-state index is 10.8. The summed E-state index contributed by atoms with van der Waals surface area (Å²) in [6.07, 6.45) is 2.13. The first kappa shape index (κ1) is 13.8. The van der Waals surface area contributed by atoms with Gasteiger partial charge in [0, 0.05) is 12.1 Å². The molecular formula is C11H16ClNO2. The second-order valence-corrected chi connectivity index (χ2v) is 3.17. The monoisotopic (exact) mass is 229 g/mol. The second kappa shape index (κ2) is 7.12. The fourth-order valence-corrected chi connectivity index (χ4v) is 1.29. The van der Waals surface area contributed by atoms with E-state index in [0.29, 0.717) is 6.42 Å². The Balaban J connectivity index is 0.00000196. The Morgan fingerprint density at radius 2 is 2.20 bits per heavy atom. The molecule has 3 nitrogen and oxygen atoms in total. The van der Waals surface area contributed by atoms with Crippen molar-refractivity contribution in [1.29, 1.82) is 0 Å². The average molecular weight is 230 g/mol. The van der Waals surface area contributed by atoms with E-state index < -0.39 is 0 Å². The number of benzene rings is 1. The van der Waals surface area contributed by atoms with Crippen molar-refractivity contribution in [3.05, 3.63) is 29.8 Å². The smallest absolute Gasteiger partial charge is 0.305 e. The summed E-state index contributed by atoms with van der Waals surface area (Å²) in [7, 11) is 1.41. The van der Waals surface area contributed by atoms with Crippen molar-refractivity contribution in [2.24, 2.45) is 0 Å². The third-order valence-corrected chi connectivity index (χ3v) is 2.03. The summed E-state index contributed by atoms with van der Waals surface area (Å²) in [5, 5.41) is 0. The normalized spacial score (nSPS) is 9.13. The van der Waals surface area contributed by atoms with Crippen LogP contribution in [0.5, 0.6) is 0 Å². The van der Waals surface area contributed by atoms with Crippen molar-refractivity contribution in [3.63, 3.8) is 0 Å². The molecule has 0 radical (unpaired) electrons. The van der Waals surface area contributed by atoms with Gasteiger partial charge in [0.15, 0.2) is 0 Å². The van der Waals surface area contributed by atoms with Gasteiger partial charge in [-0.2, -0.15) is 0 Å². The highest BCUT2D eigenvalue weighted by molar-refractivity contribution is 5.85. The van der Waals surface area contributed by atoms with Gasteiger partial charge in [0.2, 0.25) is 0 Å². The molecule has 0 heterocycles. The molecule has 4 heteroatoms. The minimum Gasteiger partial charge on any atom is -0.469 e. The zero-order valence-corrected chi connectivity index (χ0v) is 9.55. The predicted molar refractivity (Wildman–Crippen MR) is 63.1 cm³/mol. The predicted octanol–water partition coefficient (Wildman–Crippen LogP) is 2.19. The summed E-state index contributed by atoms with van der Waals surface area (Å²) in [6, 6.07) is 7.71. The molecule has 1 aromatic carbocycles. The van der Waals surface area contributed by atoms with Crippen LogP contribution in [0.4, 0.5) is 5.69 Å². The Kier molecular flexibility index (Phi) is 6.54. The van der Waals surface area contributed by atoms with E-state index in [2.05, 4.69) is 4.74 Å². The fraction of sp³-hybridized carbons (Fsp3) is 0.364. The number of nitrogen functional groups attached to an aromatic ring is 1. The van der Waals surface area contributed by atoms with E-state index in [1.165, 1.54) is 7.11 Å². The third kappa shape index (κ3) is 5.27. The number of aryl methyl sites for hydroxylation is 1. The summed E-state index contributed by atoms with van der Waals surface area (Å²) < 4.78 is 4.55. The van der Waals surface area contributed by atoms with Gasteiger partial charge in [0.1, 0.15) is 0 Å². The third-order valence-electron chi connectivity index (χ3n) is 2.03. The zero-order chi connectivity index (χ0) is 10.4. The van der Waals surface area contributed by atoms with Crippen LogP contribution in [0.25, 0.3) is 0 Å². The van der Waals surface area contributed by atoms with E-state index in [1.54, 1.807) is 0 Å². The van der Waals surface area contributed by atoms with Crippen molar-refractivity contribution >= 4 is 24.1 Å². The number of rotatable bonds is 4. The first-order chi connectivity index (χ1) is 6.72. The van der Waals surface area contributed by atoms with Gasteiger partial charge in [-0.1, -0.05) is 12.1 Å². The molecule has 1 rings (SSSR count). The van der Waals surface area contributed by atoms with E-state index in [1.807, 2.05) is 24.3 Å². The molecular weight excluding hydrogens is 214 g/mol. The van der Waals surface area contributed by atoms with Crippen molar-refractivity contribution < 1.29 is 9.53 Å². The topological polar surface area (TPSA) is 52.3 Å². The van der Waals surface area contributed by atoms with E-state index >= 15 is 0 Å². The van der Waals surface area contributed by atoms with Crippen LogP contribution in [0.1, 0.15) is 18.4 Å². The van der Waals surface area contributed by atoms with Crippen molar-refractivity contribution in [2.45, 2.75) is 19.3 Å². The van der Waals surface area contributed by atoms with E-state index in [4.69, 9.17) is 5.73 Å². The van der Waals surface area contributed by atoms with E-state index in [0.717, 1.165) is 24.1 Å². The molecule has 1 aromatic rings.